The van der Waals surface area contributed by atoms with Crippen LogP contribution in [-0.2, 0) is 13.1 Å². The Morgan fingerprint density at radius 2 is 2.04 bits per heavy atom. The summed E-state index contributed by atoms with van der Waals surface area (Å²) < 4.78 is 1.56. The third kappa shape index (κ3) is 3.52. The van der Waals surface area contributed by atoms with E-state index in [1.54, 1.807) is 23.7 Å². The summed E-state index contributed by atoms with van der Waals surface area (Å²) in [6.45, 7) is 1.46. The van der Waals surface area contributed by atoms with Gasteiger partial charge in [0.2, 0.25) is 0 Å². The number of aromatic nitrogens is 2. The summed E-state index contributed by atoms with van der Waals surface area (Å²) in [4.78, 5) is 30.0. The van der Waals surface area contributed by atoms with Crippen LogP contribution in [0.1, 0.15) is 21.6 Å². The van der Waals surface area contributed by atoms with Crippen LogP contribution in [0.15, 0.2) is 46.7 Å². The van der Waals surface area contributed by atoms with Crippen LogP contribution < -0.4 is 15.8 Å². The lowest BCUT2D eigenvalue weighted by Gasteiger charge is -2.14. The number of hydrogen-bond donors (Lipinski definition) is 2. The Balaban J connectivity index is 1.69. The molecule has 124 valence electrons. The van der Waals surface area contributed by atoms with Gasteiger partial charge in [0.05, 0.1) is 7.05 Å². The van der Waals surface area contributed by atoms with Crippen molar-refractivity contribution in [1.82, 2.24) is 14.7 Å². The summed E-state index contributed by atoms with van der Waals surface area (Å²) in [5.41, 5.74) is 2.53. The van der Waals surface area contributed by atoms with Crippen molar-refractivity contribution < 1.29 is 9.69 Å². The van der Waals surface area contributed by atoms with Gasteiger partial charge in [0.25, 0.3) is 11.5 Å². The first kappa shape index (κ1) is 16.4. The number of nitrogens with zero attached hydrogens (tertiary/aromatic N) is 2. The number of hydrogen-bond acceptors (Lipinski definition) is 4. The lowest BCUT2D eigenvalue weighted by atomic mass is 10.1. The molecule has 1 aromatic carbocycles. The van der Waals surface area contributed by atoms with Gasteiger partial charge >= 0.3 is 0 Å². The van der Waals surface area contributed by atoms with Crippen LogP contribution in [-0.4, -0.2) is 29.4 Å². The molecule has 6 nitrogen and oxygen atoms in total. The SMILES string of the molecule is CNC(=O)c1ccc(C[NH+](C)Cc2cc(=O)n3ccsc3n2)cc1. The van der Waals surface area contributed by atoms with Crippen molar-refractivity contribution in [2.24, 2.45) is 0 Å². The number of carbonyl (C=O) groups is 1. The maximum atomic E-state index is 12.0. The van der Waals surface area contributed by atoms with Crippen molar-refractivity contribution in [3.8, 4) is 0 Å². The van der Waals surface area contributed by atoms with Gasteiger partial charge in [-0.1, -0.05) is 12.1 Å². The van der Waals surface area contributed by atoms with E-state index < -0.39 is 0 Å². The molecule has 2 N–H and O–H groups in total. The zero-order valence-corrected chi connectivity index (χ0v) is 14.4. The highest BCUT2D eigenvalue weighted by Crippen LogP contribution is 2.06. The summed E-state index contributed by atoms with van der Waals surface area (Å²) in [5.74, 6) is -0.0869. The highest BCUT2D eigenvalue weighted by atomic mass is 32.1. The van der Waals surface area contributed by atoms with Gasteiger partial charge in [-0.15, -0.1) is 11.3 Å². The third-order valence-corrected chi connectivity index (χ3v) is 4.54. The van der Waals surface area contributed by atoms with Crippen molar-refractivity contribution >= 4 is 22.2 Å². The Hall–Kier alpha value is -2.51. The first-order valence-electron chi connectivity index (χ1n) is 7.65. The van der Waals surface area contributed by atoms with E-state index in [-0.39, 0.29) is 11.5 Å². The fourth-order valence-corrected chi connectivity index (χ4v) is 3.36. The molecule has 0 spiro atoms. The number of amides is 1. The first-order valence-corrected chi connectivity index (χ1v) is 8.53. The second-order valence-electron chi connectivity index (χ2n) is 5.73. The van der Waals surface area contributed by atoms with E-state index in [1.165, 1.54) is 16.2 Å². The quantitative estimate of drug-likeness (QED) is 0.702. The smallest absolute Gasteiger partial charge is 0.258 e. The minimum Gasteiger partial charge on any atom is -0.355 e. The topological polar surface area (TPSA) is 67.9 Å². The molecule has 24 heavy (non-hydrogen) atoms. The van der Waals surface area contributed by atoms with Gasteiger partial charge in [-0.25, -0.2) is 4.98 Å². The standard InChI is InChI=1S/C17H18N4O2S/c1-18-16(23)13-5-3-12(4-6-13)10-20(2)11-14-9-15(22)21-7-8-24-17(21)19-14/h3-9H,10-11H2,1-2H3,(H,18,23)/p+1. The summed E-state index contributed by atoms with van der Waals surface area (Å²) in [6, 6.07) is 9.16. The molecule has 0 fully saturated rings. The highest BCUT2D eigenvalue weighted by Gasteiger charge is 2.10. The maximum Gasteiger partial charge on any atom is 0.258 e. The molecule has 0 aliphatic heterocycles. The van der Waals surface area contributed by atoms with E-state index in [1.807, 2.05) is 29.6 Å². The van der Waals surface area contributed by atoms with Crippen LogP contribution in [0.4, 0.5) is 0 Å². The van der Waals surface area contributed by atoms with Crippen molar-refractivity contribution in [2.75, 3.05) is 14.1 Å². The predicted molar refractivity (Wildman–Crippen MR) is 93.5 cm³/mol. The number of benzene rings is 1. The van der Waals surface area contributed by atoms with Crippen LogP contribution in [0.5, 0.6) is 0 Å². The van der Waals surface area contributed by atoms with E-state index in [0.717, 1.165) is 22.8 Å². The monoisotopic (exact) mass is 343 g/mol. The van der Waals surface area contributed by atoms with Gasteiger partial charge in [-0.05, 0) is 12.1 Å². The lowest BCUT2D eigenvalue weighted by Crippen LogP contribution is -3.06. The van der Waals surface area contributed by atoms with Crippen LogP contribution >= 0.6 is 11.3 Å². The molecule has 0 saturated carbocycles. The Morgan fingerprint density at radius 3 is 2.75 bits per heavy atom. The molecule has 0 aliphatic carbocycles. The minimum absolute atomic E-state index is 0.0426. The van der Waals surface area contributed by atoms with E-state index in [9.17, 15) is 9.59 Å². The fourth-order valence-electron chi connectivity index (χ4n) is 2.62. The average molecular weight is 343 g/mol. The molecule has 7 heteroatoms. The summed E-state index contributed by atoms with van der Waals surface area (Å²) in [7, 11) is 3.68. The molecule has 0 saturated heterocycles. The fraction of sp³-hybridized carbons (Fsp3) is 0.235. The van der Waals surface area contributed by atoms with Crippen molar-refractivity contribution in [2.45, 2.75) is 13.1 Å². The lowest BCUT2D eigenvalue weighted by molar-refractivity contribution is -0.908. The zero-order valence-electron chi connectivity index (χ0n) is 13.6. The molecule has 2 heterocycles. The molecule has 0 bridgehead atoms. The molecule has 0 radical (unpaired) electrons. The normalized spacial score (nSPS) is 12.2. The highest BCUT2D eigenvalue weighted by molar-refractivity contribution is 7.15. The molecular formula is C17H19N4O2S+. The van der Waals surface area contributed by atoms with E-state index in [2.05, 4.69) is 17.3 Å². The van der Waals surface area contributed by atoms with Crippen molar-refractivity contribution in [3.05, 3.63) is 69.1 Å². The molecule has 0 aliphatic rings. The van der Waals surface area contributed by atoms with Gasteiger partial charge in [0.15, 0.2) is 4.96 Å². The van der Waals surface area contributed by atoms with Crippen molar-refractivity contribution in [1.29, 1.82) is 0 Å². The molecular weight excluding hydrogens is 324 g/mol. The number of rotatable bonds is 5. The second kappa shape index (κ2) is 6.94. The molecule has 3 rings (SSSR count). The Labute approximate surface area is 143 Å². The Bertz CT molecular complexity index is 914. The Morgan fingerprint density at radius 1 is 1.29 bits per heavy atom. The van der Waals surface area contributed by atoms with Crippen LogP contribution in [0.2, 0.25) is 0 Å². The van der Waals surface area contributed by atoms with E-state index in [4.69, 9.17) is 0 Å². The minimum atomic E-state index is -0.0869. The molecule has 1 unspecified atom stereocenters. The largest absolute Gasteiger partial charge is 0.355 e. The molecule has 1 atom stereocenters. The number of carbonyl (C=O) groups excluding carboxylic acids is 1. The number of nitrogens with one attached hydrogen (secondary N) is 2. The molecule has 2 aromatic heterocycles. The van der Waals surface area contributed by atoms with Crippen LogP contribution in [0.3, 0.4) is 0 Å². The number of fused-ring (bicyclic) bond motifs is 1. The number of thiazole rings is 1. The van der Waals surface area contributed by atoms with E-state index in [0.29, 0.717) is 12.1 Å². The maximum absolute atomic E-state index is 12.0. The molecule has 1 amide bonds. The first-order chi connectivity index (χ1) is 11.6. The van der Waals surface area contributed by atoms with Crippen LogP contribution in [0, 0.1) is 0 Å². The predicted octanol–water partition coefficient (Wildman–Crippen LogP) is 0.331. The zero-order chi connectivity index (χ0) is 17.1. The van der Waals surface area contributed by atoms with Gasteiger partial charge in [-0.2, -0.15) is 0 Å². The molecule has 3 aromatic rings. The summed E-state index contributed by atoms with van der Waals surface area (Å²) >= 11 is 1.46. The second-order valence-corrected chi connectivity index (χ2v) is 6.60. The van der Waals surface area contributed by atoms with Gasteiger partial charge in [0.1, 0.15) is 18.8 Å². The summed E-state index contributed by atoms with van der Waals surface area (Å²) in [6.07, 6.45) is 1.74. The van der Waals surface area contributed by atoms with Crippen LogP contribution in [0.25, 0.3) is 4.96 Å². The van der Waals surface area contributed by atoms with Crippen molar-refractivity contribution in [3.63, 3.8) is 0 Å². The summed E-state index contributed by atoms with van der Waals surface area (Å²) in [5, 5.41) is 4.47. The van der Waals surface area contributed by atoms with E-state index >= 15 is 0 Å². The van der Waals surface area contributed by atoms with Gasteiger partial charge in [0, 0.05) is 35.8 Å². The third-order valence-electron chi connectivity index (χ3n) is 3.79. The number of quaternary nitrogens is 1. The van der Waals surface area contributed by atoms with Gasteiger partial charge in [-0.3, -0.25) is 14.0 Å². The van der Waals surface area contributed by atoms with Gasteiger partial charge < -0.3 is 10.2 Å². The Kier molecular flexibility index (Phi) is 4.73. The average Bonchev–Trinajstić information content (AvgIpc) is 3.03.